The van der Waals surface area contributed by atoms with Crippen molar-refractivity contribution < 1.29 is 13.3 Å². The van der Waals surface area contributed by atoms with Gasteiger partial charge in [-0.1, -0.05) is 54.1 Å². The molecular weight excluding hydrogens is 488 g/mol. The standard InChI is InChI=1S/C25H25ClN4O4S/c26-21-8-10-22(11-9-21)27-35(33,34)23-12-13-24(25(19-23)30(31)32)29-17-15-28(16-18-29)14-4-7-20-5-2-1-3-6-20/h1-13,19,27H,14-18H2. The zero-order valence-corrected chi connectivity index (χ0v) is 20.5. The number of benzene rings is 3. The highest BCUT2D eigenvalue weighted by molar-refractivity contribution is 7.92. The number of sulfonamides is 1. The number of anilines is 2. The van der Waals surface area contributed by atoms with E-state index in [1.807, 2.05) is 35.2 Å². The Balaban J connectivity index is 1.43. The summed E-state index contributed by atoms with van der Waals surface area (Å²) in [5.41, 5.74) is 1.64. The largest absolute Gasteiger partial charge is 0.363 e. The molecule has 0 spiro atoms. The average Bonchev–Trinajstić information content (AvgIpc) is 2.86. The number of nitrogens with zero attached hydrogens (tertiary/aromatic N) is 3. The molecule has 3 aromatic rings. The van der Waals surface area contributed by atoms with E-state index in [0.717, 1.165) is 31.3 Å². The molecular formula is C25H25ClN4O4S. The molecule has 1 fully saturated rings. The molecule has 182 valence electrons. The van der Waals surface area contributed by atoms with Crippen molar-refractivity contribution in [2.45, 2.75) is 4.90 Å². The van der Waals surface area contributed by atoms with Gasteiger partial charge in [-0.05, 0) is 42.0 Å². The third-order valence-electron chi connectivity index (χ3n) is 5.74. The minimum Gasteiger partial charge on any atom is -0.363 e. The summed E-state index contributed by atoms with van der Waals surface area (Å²) in [4.78, 5) is 15.3. The van der Waals surface area contributed by atoms with Gasteiger partial charge in [0.05, 0.1) is 9.82 Å². The Morgan fingerprint density at radius 3 is 2.31 bits per heavy atom. The van der Waals surface area contributed by atoms with Crippen LogP contribution in [0.4, 0.5) is 17.1 Å². The highest BCUT2D eigenvalue weighted by atomic mass is 35.5. The van der Waals surface area contributed by atoms with Gasteiger partial charge in [0.15, 0.2) is 0 Å². The summed E-state index contributed by atoms with van der Waals surface area (Å²) in [6.45, 7) is 3.49. The summed E-state index contributed by atoms with van der Waals surface area (Å²) < 4.78 is 28.0. The Morgan fingerprint density at radius 2 is 1.66 bits per heavy atom. The lowest BCUT2D eigenvalue weighted by atomic mass is 10.2. The van der Waals surface area contributed by atoms with Gasteiger partial charge >= 0.3 is 0 Å². The Morgan fingerprint density at radius 1 is 0.971 bits per heavy atom. The fourth-order valence-corrected chi connectivity index (χ4v) is 5.09. The number of nitrogens with one attached hydrogen (secondary N) is 1. The maximum absolute atomic E-state index is 12.8. The second kappa shape index (κ2) is 10.9. The van der Waals surface area contributed by atoms with Crippen LogP contribution in [0.3, 0.4) is 0 Å². The normalized spacial score (nSPS) is 14.8. The van der Waals surface area contributed by atoms with Gasteiger partial charge in [-0.25, -0.2) is 8.42 Å². The third-order valence-corrected chi connectivity index (χ3v) is 7.37. The smallest absolute Gasteiger partial charge is 0.293 e. The van der Waals surface area contributed by atoms with Crippen LogP contribution in [-0.2, 0) is 10.0 Å². The first-order valence-corrected chi connectivity index (χ1v) is 12.9. The molecule has 0 aliphatic carbocycles. The van der Waals surface area contributed by atoms with E-state index in [4.69, 9.17) is 11.6 Å². The van der Waals surface area contributed by atoms with Gasteiger partial charge < -0.3 is 4.90 Å². The van der Waals surface area contributed by atoms with E-state index < -0.39 is 14.9 Å². The Hall–Kier alpha value is -3.40. The van der Waals surface area contributed by atoms with E-state index in [1.165, 1.54) is 24.3 Å². The van der Waals surface area contributed by atoms with Crippen molar-refractivity contribution in [1.82, 2.24) is 4.90 Å². The van der Waals surface area contributed by atoms with Crippen LogP contribution in [0.1, 0.15) is 5.56 Å². The second-order valence-corrected chi connectivity index (χ2v) is 10.2. The number of piperazine rings is 1. The van der Waals surface area contributed by atoms with Crippen LogP contribution < -0.4 is 9.62 Å². The molecule has 1 aliphatic heterocycles. The van der Waals surface area contributed by atoms with Gasteiger partial charge in [0.25, 0.3) is 15.7 Å². The van der Waals surface area contributed by atoms with E-state index in [-0.39, 0.29) is 10.6 Å². The van der Waals surface area contributed by atoms with E-state index >= 15 is 0 Å². The predicted octanol–water partition coefficient (Wildman–Crippen LogP) is 4.88. The summed E-state index contributed by atoms with van der Waals surface area (Å²) in [7, 11) is -4.00. The molecule has 10 heteroatoms. The average molecular weight is 513 g/mol. The fraction of sp³-hybridized carbons (Fsp3) is 0.200. The van der Waals surface area contributed by atoms with Gasteiger partial charge in [0.1, 0.15) is 5.69 Å². The van der Waals surface area contributed by atoms with Crippen LogP contribution in [0.2, 0.25) is 5.02 Å². The van der Waals surface area contributed by atoms with Crippen LogP contribution in [0.25, 0.3) is 6.08 Å². The number of halogens is 1. The molecule has 4 rings (SSSR count). The van der Waals surface area contributed by atoms with Crippen LogP contribution in [0.5, 0.6) is 0 Å². The van der Waals surface area contributed by atoms with Gasteiger partial charge in [0.2, 0.25) is 0 Å². The summed E-state index contributed by atoms with van der Waals surface area (Å²) >= 11 is 5.84. The number of nitro groups is 1. The first-order chi connectivity index (χ1) is 16.8. The highest BCUT2D eigenvalue weighted by Crippen LogP contribution is 2.32. The highest BCUT2D eigenvalue weighted by Gasteiger charge is 2.26. The zero-order valence-electron chi connectivity index (χ0n) is 18.9. The molecule has 1 heterocycles. The monoisotopic (exact) mass is 512 g/mol. The maximum Gasteiger partial charge on any atom is 0.293 e. The van der Waals surface area contributed by atoms with Gasteiger partial charge in [-0.3, -0.25) is 19.7 Å². The van der Waals surface area contributed by atoms with E-state index in [0.29, 0.717) is 29.5 Å². The molecule has 1 saturated heterocycles. The van der Waals surface area contributed by atoms with Crippen molar-refractivity contribution in [3.63, 3.8) is 0 Å². The van der Waals surface area contributed by atoms with Crippen molar-refractivity contribution in [3.8, 4) is 0 Å². The lowest BCUT2D eigenvalue weighted by Gasteiger charge is -2.35. The van der Waals surface area contributed by atoms with Crippen LogP contribution in [-0.4, -0.2) is 51.0 Å². The van der Waals surface area contributed by atoms with Gasteiger partial charge in [-0.15, -0.1) is 0 Å². The predicted molar refractivity (Wildman–Crippen MR) is 139 cm³/mol. The molecule has 0 bridgehead atoms. The van der Waals surface area contributed by atoms with Crippen molar-refractivity contribution in [1.29, 1.82) is 0 Å². The van der Waals surface area contributed by atoms with Crippen molar-refractivity contribution in [3.05, 3.63) is 99.6 Å². The molecule has 0 saturated carbocycles. The minimum atomic E-state index is -4.00. The maximum atomic E-state index is 12.8. The third kappa shape index (κ3) is 6.39. The molecule has 8 nitrogen and oxygen atoms in total. The molecule has 0 amide bonds. The summed E-state index contributed by atoms with van der Waals surface area (Å²) in [6.07, 6.45) is 4.19. The molecule has 0 atom stereocenters. The van der Waals surface area contributed by atoms with Crippen molar-refractivity contribution in [2.24, 2.45) is 0 Å². The molecule has 35 heavy (non-hydrogen) atoms. The first-order valence-electron chi connectivity index (χ1n) is 11.1. The van der Waals surface area contributed by atoms with E-state index in [2.05, 4.69) is 21.8 Å². The molecule has 3 aromatic carbocycles. The zero-order chi connectivity index (χ0) is 24.8. The van der Waals surface area contributed by atoms with Crippen LogP contribution >= 0.6 is 11.6 Å². The van der Waals surface area contributed by atoms with E-state index in [1.54, 1.807) is 12.1 Å². The van der Waals surface area contributed by atoms with Crippen LogP contribution in [0, 0.1) is 10.1 Å². The number of hydrogen-bond acceptors (Lipinski definition) is 6. The summed E-state index contributed by atoms with van der Waals surface area (Å²) in [5, 5.41) is 12.3. The summed E-state index contributed by atoms with van der Waals surface area (Å²) in [5.74, 6) is 0. The molecule has 1 N–H and O–H groups in total. The number of hydrogen-bond donors (Lipinski definition) is 1. The van der Waals surface area contributed by atoms with Crippen molar-refractivity contribution >= 4 is 44.8 Å². The number of rotatable bonds is 8. The molecule has 0 radical (unpaired) electrons. The lowest BCUT2D eigenvalue weighted by Crippen LogP contribution is -2.46. The SMILES string of the molecule is O=[N+]([O-])c1cc(S(=O)(=O)Nc2ccc(Cl)cc2)ccc1N1CCN(CC=Cc2ccccc2)CC1. The Bertz CT molecular complexity index is 1310. The fourth-order valence-electron chi connectivity index (χ4n) is 3.89. The minimum absolute atomic E-state index is 0.174. The van der Waals surface area contributed by atoms with Crippen LogP contribution in [0.15, 0.2) is 83.8 Å². The molecule has 0 aromatic heterocycles. The quantitative estimate of drug-likeness (QED) is 0.341. The van der Waals surface area contributed by atoms with Gasteiger partial charge in [0, 0.05) is 49.5 Å². The second-order valence-electron chi connectivity index (χ2n) is 8.12. The van der Waals surface area contributed by atoms with E-state index in [9.17, 15) is 18.5 Å². The van der Waals surface area contributed by atoms with Crippen molar-refractivity contribution in [2.75, 3.05) is 42.3 Å². The number of nitro benzene ring substituents is 1. The lowest BCUT2D eigenvalue weighted by molar-refractivity contribution is -0.384. The Labute approximate surface area is 209 Å². The topological polar surface area (TPSA) is 95.8 Å². The Kier molecular flexibility index (Phi) is 7.70. The van der Waals surface area contributed by atoms with Gasteiger partial charge in [-0.2, -0.15) is 0 Å². The molecule has 1 aliphatic rings. The first kappa shape index (κ1) is 24.7. The summed E-state index contributed by atoms with van der Waals surface area (Å²) in [6, 6.07) is 20.3. The molecule has 0 unspecified atom stereocenters.